The third-order valence-electron chi connectivity index (χ3n) is 2.47. The molecule has 1 heterocycles. The van der Waals surface area contributed by atoms with Crippen molar-refractivity contribution in [3.05, 3.63) is 41.2 Å². The number of alkyl halides is 1. The van der Waals surface area contributed by atoms with Crippen molar-refractivity contribution in [3.8, 4) is 0 Å². The van der Waals surface area contributed by atoms with Crippen LogP contribution in [0.5, 0.6) is 0 Å². The van der Waals surface area contributed by atoms with Crippen molar-refractivity contribution in [2.24, 2.45) is 0 Å². The Hall–Kier alpha value is -1.78. The van der Waals surface area contributed by atoms with Crippen molar-refractivity contribution < 1.29 is 4.39 Å². The van der Waals surface area contributed by atoms with Gasteiger partial charge in [0.05, 0.1) is 13.2 Å². The van der Waals surface area contributed by atoms with Crippen molar-refractivity contribution in [2.45, 2.75) is 26.3 Å². The van der Waals surface area contributed by atoms with Crippen LogP contribution in [0.15, 0.2) is 24.3 Å². The van der Waals surface area contributed by atoms with Crippen LogP contribution >= 0.6 is 0 Å². The quantitative estimate of drug-likeness (QED) is 0.794. The Balaban J connectivity index is 1.98. The van der Waals surface area contributed by atoms with E-state index < -0.39 is 0 Å². The maximum atomic E-state index is 12.0. The average molecular weight is 234 g/mol. The standard InChI is InChI=1S/C12H15FN4/c1-10-3-5-11(6-4-10)9-12-14-16-17(15-12)8-2-7-13/h3-6H,2,7-9H2,1H3. The number of hydrogen-bond donors (Lipinski definition) is 0. The van der Waals surface area contributed by atoms with Gasteiger partial charge < -0.3 is 0 Å². The van der Waals surface area contributed by atoms with Gasteiger partial charge in [-0.05, 0) is 24.1 Å². The van der Waals surface area contributed by atoms with Crippen LogP contribution in [0.3, 0.4) is 0 Å². The topological polar surface area (TPSA) is 43.6 Å². The van der Waals surface area contributed by atoms with E-state index in [2.05, 4.69) is 46.6 Å². The third kappa shape index (κ3) is 3.34. The van der Waals surface area contributed by atoms with Gasteiger partial charge in [0.25, 0.3) is 0 Å². The zero-order valence-corrected chi connectivity index (χ0v) is 9.80. The first-order valence-electron chi connectivity index (χ1n) is 5.66. The SMILES string of the molecule is Cc1ccc(Cc2nnn(CCCF)n2)cc1. The van der Waals surface area contributed by atoms with Gasteiger partial charge >= 0.3 is 0 Å². The summed E-state index contributed by atoms with van der Waals surface area (Å²) in [5.41, 5.74) is 2.38. The summed E-state index contributed by atoms with van der Waals surface area (Å²) in [6.07, 6.45) is 1.09. The molecule has 0 aliphatic rings. The fourth-order valence-corrected chi connectivity index (χ4v) is 1.53. The molecule has 0 amide bonds. The van der Waals surface area contributed by atoms with Gasteiger partial charge in [0, 0.05) is 6.42 Å². The van der Waals surface area contributed by atoms with Crippen LogP contribution in [0, 0.1) is 6.92 Å². The summed E-state index contributed by atoms with van der Waals surface area (Å²) in [6, 6.07) is 8.22. The zero-order valence-electron chi connectivity index (χ0n) is 9.80. The molecule has 0 atom stereocenters. The van der Waals surface area contributed by atoms with Gasteiger partial charge in [-0.15, -0.1) is 10.2 Å². The van der Waals surface area contributed by atoms with Crippen LogP contribution < -0.4 is 0 Å². The first kappa shape index (κ1) is 11.7. The van der Waals surface area contributed by atoms with Crippen LogP contribution in [0.2, 0.25) is 0 Å². The van der Waals surface area contributed by atoms with E-state index in [1.807, 2.05) is 0 Å². The van der Waals surface area contributed by atoms with Crippen molar-refractivity contribution in [1.29, 1.82) is 0 Å². The summed E-state index contributed by atoms with van der Waals surface area (Å²) in [5.74, 6) is 0.674. The van der Waals surface area contributed by atoms with Gasteiger partial charge in [-0.2, -0.15) is 4.80 Å². The van der Waals surface area contributed by atoms with Gasteiger partial charge in [-0.25, -0.2) is 0 Å². The van der Waals surface area contributed by atoms with Crippen LogP contribution in [0.25, 0.3) is 0 Å². The zero-order chi connectivity index (χ0) is 12.1. The Morgan fingerprint density at radius 1 is 1.24 bits per heavy atom. The lowest BCUT2D eigenvalue weighted by Crippen LogP contribution is -2.03. The fraction of sp³-hybridized carbons (Fsp3) is 0.417. The van der Waals surface area contributed by atoms with Crippen molar-refractivity contribution in [3.63, 3.8) is 0 Å². The minimum absolute atomic E-state index is 0.352. The number of nitrogens with zero attached hydrogens (tertiary/aromatic N) is 4. The summed E-state index contributed by atoms with van der Waals surface area (Å²) < 4.78 is 12.0. The Kier molecular flexibility index (Phi) is 3.80. The highest BCUT2D eigenvalue weighted by atomic mass is 19.1. The number of hydrogen-bond acceptors (Lipinski definition) is 3. The molecule has 0 fully saturated rings. The minimum Gasteiger partial charge on any atom is -0.251 e. The predicted molar refractivity (Wildman–Crippen MR) is 62.4 cm³/mol. The molecule has 0 unspecified atom stereocenters. The van der Waals surface area contributed by atoms with Gasteiger partial charge in [0.15, 0.2) is 5.82 Å². The maximum Gasteiger partial charge on any atom is 0.179 e. The van der Waals surface area contributed by atoms with Gasteiger partial charge in [-0.1, -0.05) is 29.8 Å². The highest BCUT2D eigenvalue weighted by Crippen LogP contribution is 2.06. The van der Waals surface area contributed by atoms with E-state index in [1.54, 1.807) is 0 Å². The summed E-state index contributed by atoms with van der Waals surface area (Å²) in [5, 5.41) is 12.0. The molecule has 1 aromatic carbocycles. The van der Waals surface area contributed by atoms with Crippen LogP contribution in [0.1, 0.15) is 23.4 Å². The monoisotopic (exact) mass is 234 g/mol. The first-order valence-corrected chi connectivity index (χ1v) is 5.66. The summed E-state index contributed by atoms with van der Waals surface area (Å²) >= 11 is 0. The minimum atomic E-state index is -0.352. The van der Waals surface area contributed by atoms with E-state index >= 15 is 0 Å². The Labute approximate surface area is 99.5 Å². The third-order valence-corrected chi connectivity index (χ3v) is 2.47. The van der Waals surface area contributed by atoms with Crippen LogP contribution in [-0.4, -0.2) is 26.9 Å². The second kappa shape index (κ2) is 5.52. The maximum absolute atomic E-state index is 12.0. The number of aromatic nitrogens is 4. The molecule has 90 valence electrons. The number of aryl methyl sites for hydroxylation is 2. The molecule has 0 saturated heterocycles. The van der Waals surface area contributed by atoms with E-state index in [0.29, 0.717) is 25.2 Å². The van der Waals surface area contributed by atoms with E-state index in [1.165, 1.54) is 10.4 Å². The lowest BCUT2D eigenvalue weighted by Gasteiger charge is -1.97. The van der Waals surface area contributed by atoms with Crippen molar-refractivity contribution in [2.75, 3.05) is 6.67 Å². The summed E-state index contributed by atoms with van der Waals surface area (Å²) in [4.78, 5) is 1.45. The van der Waals surface area contributed by atoms with Crippen LogP contribution in [0.4, 0.5) is 4.39 Å². The molecular weight excluding hydrogens is 219 g/mol. The van der Waals surface area contributed by atoms with E-state index in [9.17, 15) is 4.39 Å². The lowest BCUT2D eigenvalue weighted by atomic mass is 10.1. The molecule has 5 heteroatoms. The molecule has 17 heavy (non-hydrogen) atoms. The molecular formula is C12H15FN4. The molecule has 0 bridgehead atoms. The molecule has 4 nitrogen and oxygen atoms in total. The van der Waals surface area contributed by atoms with Crippen molar-refractivity contribution >= 4 is 0 Å². The molecule has 0 spiro atoms. The van der Waals surface area contributed by atoms with Gasteiger partial charge in [0.1, 0.15) is 0 Å². The molecule has 0 radical (unpaired) electrons. The Morgan fingerprint density at radius 3 is 2.71 bits per heavy atom. The van der Waals surface area contributed by atoms with Gasteiger partial charge in [-0.3, -0.25) is 4.39 Å². The van der Waals surface area contributed by atoms with E-state index in [-0.39, 0.29) is 6.67 Å². The molecule has 0 N–H and O–H groups in total. The molecule has 2 aromatic rings. The Bertz CT molecular complexity index is 464. The lowest BCUT2D eigenvalue weighted by molar-refractivity contribution is 0.411. The highest BCUT2D eigenvalue weighted by Gasteiger charge is 2.03. The molecule has 2 rings (SSSR count). The highest BCUT2D eigenvalue weighted by molar-refractivity contribution is 5.23. The van der Waals surface area contributed by atoms with Gasteiger partial charge in [0.2, 0.25) is 0 Å². The first-order chi connectivity index (χ1) is 8.28. The van der Waals surface area contributed by atoms with E-state index in [4.69, 9.17) is 0 Å². The fourth-order valence-electron chi connectivity index (χ4n) is 1.53. The number of rotatable bonds is 5. The second-order valence-corrected chi connectivity index (χ2v) is 4.01. The van der Waals surface area contributed by atoms with Crippen LogP contribution in [-0.2, 0) is 13.0 Å². The molecule has 0 aliphatic heterocycles. The summed E-state index contributed by atoms with van der Waals surface area (Å²) in [7, 11) is 0. The largest absolute Gasteiger partial charge is 0.251 e. The summed E-state index contributed by atoms with van der Waals surface area (Å²) in [6.45, 7) is 2.18. The normalized spacial score (nSPS) is 10.7. The van der Waals surface area contributed by atoms with Crippen molar-refractivity contribution in [1.82, 2.24) is 20.2 Å². The predicted octanol–water partition coefficient (Wildman–Crippen LogP) is 1.93. The molecule has 1 aromatic heterocycles. The van der Waals surface area contributed by atoms with E-state index in [0.717, 1.165) is 5.56 Å². The smallest absolute Gasteiger partial charge is 0.179 e. The number of tetrazole rings is 1. The molecule has 0 saturated carbocycles. The average Bonchev–Trinajstić information content (AvgIpc) is 2.77. The second-order valence-electron chi connectivity index (χ2n) is 4.01. The Morgan fingerprint density at radius 2 is 2.00 bits per heavy atom. The number of benzene rings is 1. The number of halogens is 1. The molecule has 0 aliphatic carbocycles.